The van der Waals surface area contributed by atoms with Crippen molar-refractivity contribution in [3.63, 3.8) is 0 Å². The SMILES string of the molecule is Cl.O=C(O)Cc1ccc(OC(F)(F)F)cc1. The van der Waals surface area contributed by atoms with E-state index in [1.165, 1.54) is 12.1 Å². The topological polar surface area (TPSA) is 46.5 Å². The van der Waals surface area contributed by atoms with Crippen LogP contribution in [0.3, 0.4) is 0 Å². The van der Waals surface area contributed by atoms with Gasteiger partial charge in [-0.25, -0.2) is 0 Å². The summed E-state index contributed by atoms with van der Waals surface area (Å²) < 4.78 is 38.8. The van der Waals surface area contributed by atoms with Gasteiger partial charge >= 0.3 is 12.3 Å². The van der Waals surface area contributed by atoms with Crippen molar-refractivity contribution < 1.29 is 27.8 Å². The molecule has 0 saturated carbocycles. The average molecular weight is 257 g/mol. The lowest BCUT2D eigenvalue weighted by Gasteiger charge is -2.08. The van der Waals surface area contributed by atoms with E-state index in [0.717, 1.165) is 12.1 Å². The van der Waals surface area contributed by atoms with Gasteiger partial charge in [0.2, 0.25) is 0 Å². The fourth-order valence-electron chi connectivity index (χ4n) is 0.984. The molecule has 0 saturated heterocycles. The summed E-state index contributed by atoms with van der Waals surface area (Å²) in [5.41, 5.74) is 0.414. The lowest BCUT2D eigenvalue weighted by Crippen LogP contribution is -2.17. The number of rotatable bonds is 3. The number of alkyl halides is 3. The van der Waals surface area contributed by atoms with E-state index in [9.17, 15) is 18.0 Å². The largest absolute Gasteiger partial charge is 0.573 e. The van der Waals surface area contributed by atoms with E-state index in [4.69, 9.17) is 5.11 Å². The van der Waals surface area contributed by atoms with E-state index in [1.807, 2.05) is 0 Å². The monoisotopic (exact) mass is 256 g/mol. The highest BCUT2D eigenvalue weighted by Crippen LogP contribution is 2.22. The summed E-state index contributed by atoms with van der Waals surface area (Å²) in [6.07, 6.45) is -4.96. The maximum absolute atomic E-state index is 11.7. The Morgan fingerprint density at radius 1 is 1.25 bits per heavy atom. The minimum absolute atomic E-state index is 0. The second-order valence-corrected chi connectivity index (χ2v) is 2.76. The summed E-state index contributed by atoms with van der Waals surface area (Å²) in [5.74, 6) is -1.41. The summed E-state index contributed by atoms with van der Waals surface area (Å²) in [4.78, 5) is 10.3. The van der Waals surface area contributed by atoms with Crippen molar-refractivity contribution in [2.24, 2.45) is 0 Å². The zero-order chi connectivity index (χ0) is 11.5. The number of hydrogen-bond donors (Lipinski definition) is 1. The van der Waals surface area contributed by atoms with Crippen molar-refractivity contribution in [3.8, 4) is 5.75 Å². The first kappa shape index (κ1) is 14.6. The van der Waals surface area contributed by atoms with E-state index in [2.05, 4.69) is 4.74 Å². The van der Waals surface area contributed by atoms with Gasteiger partial charge in [0.15, 0.2) is 0 Å². The van der Waals surface area contributed by atoms with Crippen molar-refractivity contribution >= 4 is 18.4 Å². The standard InChI is InChI=1S/C9H7F3O3.ClH/c10-9(11,12)15-7-3-1-6(2-4-7)5-8(13)14;/h1-4H,5H2,(H,13,14);1H. The molecule has 0 aliphatic heterocycles. The Morgan fingerprint density at radius 2 is 1.75 bits per heavy atom. The first-order valence-corrected chi connectivity index (χ1v) is 3.93. The number of benzene rings is 1. The van der Waals surface area contributed by atoms with Gasteiger partial charge in [0.1, 0.15) is 5.75 Å². The number of ether oxygens (including phenoxy) is 1. The van der Waals surface area contributed by atoms with Crippen molar-refractivity contribution in [1.29, 1.82) is 0 Å². The summed E-state index contributed by atoms with van der Waals surface area (Å²) in [5, 5.41) is 8.41. The molecule has 0 aliphatic rings. The predicted molar refractivity (Wildman–Crippen MR) is 51.7 cm³/mol. The van der Waals surface area contributed by atoms with Crippen LogP contribution in [0.2, 0.25) is 0 Å². The van der Waals surface area contributed by atoms with E-state index in [0.29, 0.717) is 5.56 Å². The highest BCUT2D eigenvalue weighted by molar-refractivity contribution is 5.85. The molecule has 3 nitrogen and oxygen atoms in total. The second kappa shape index (κ2) is 5.60. The molecule has 0 aliphatic carbocycles. The second-order valence-electron chi connectivity index (χ2n) is 2.76. The lowest BCUT2D eigenvalue weighted by molar-refractivity contribution is -0.274. The van der Waals surface area contributed by atoms with Crippen molar-refractivity contribution in [2.75, 3.05) is 0 Å². The lowest BCUT2D eigenvalue weighted by atomic mass is 10.1. The van der Waals surface area contributed by atoms with Gasteiger partial charge in [-0.05, 0) is 17.7 Å². The Morgan fingerprint density at radius 3 is 2.12 bits per heavy atom. The number of carboxylic acid groups (broad SMARTS) is 1. The van der Waals surface area contributed by atoms with E-state index < -0.39 is 12.3 Å². The van der Waals surface area contributed by atoms with E-state index in [-0.39, 0.29) is 24.6 Å². The Bertz CT molecular complexity index is 348. The first-order chi connectivity index (χ1) is 6.87. The van der Waals surface area contributed by atoms with Crippen LogP contribution in [0.25, 0.3) is 0 Å². The van der Waals surface area contributed by atoms with Gasteiger partial charge in [-0.3, -0.25) is 4.79 Å². The van der Waals surface area contributed by atoms with Crippen LogP contribution in [0.5, 0.6) is 5.75 Å². The molecule has 0 spiro atoms. The molecule has 0 amide bonds. The number of halogens is 4. The Hall–Kier alpha value is -1.43. The molecule has 7 heteroatoms. The van der Waals surface area contributed by atoms with E-state index in [1.54, 1.807) is 0 Å². The van der Waals surface area contributed by atoms with Gasteiger partial charge in [-0.15, -0.1) is 25.6 Å². The fourth-order valence-corrected chi connectivity index (χ4v) is 0.984. The molecule has 1 N–H and O–H groups in total. The van der Waals surface area contributed by atoms with E-state index >= 15 is 0 Å². The summed E-state index contributed by atoms with van der Waals surface area (Å²) in [6, 6.07) is 4.70. The molecule has 0 bridgehead atoms. The number of carboxylic acids is 1. The summed E-state index contributed by atoms with van der Waals surface area (Å²) in [7, 11) is 0. The molecular weight excluding hydrogens is 249 g/mol. The number of carbonyl (C=O) groups is 1. The van der Waals surface area contributed by atoms with Crippen molar-refractivity contribution in [1.82, 2.24) is 0 Å². The molecule has 0 heterocycles. The molecule has 0 aromatic heterocycles. The molecule has 0 atom stereocenters. The van der Waals surface area contributed by atoms with Crippen molar-refractivity contribution in [2.45, 2.75) is 12.8 Å². The van der Waals surface area contributed by atoms with Crippen LogP contribution in [-0.2, 0) is 11.2 Å². The molecule has 0 fully saturated rings. The molecular formula is C9H8ClF3O3. The molecule has 90 valence electrons. The molecule has 1 aromatic rings. The summed E-state index contributed by atoms with van der Waals surface area (Å²) in [6.45, 7) is 0. The fraction of sp³-hybridized carbons (Fsp3) is 0.222. The van der Waals surface area contributed by atoms with Crippen molar-refractivity contribution in [3.05, 3.63) is 29.8 Å². The Labute approximate surface area is 95.2 Å². The quantitative estimate of drug-likeness (QED) is 0.904. The van der Waals surface area contributed by atoms with Gasteiger partial charge in [-0.2, -0.15) is 0 Å². The van der Waals surface area contributed by atoms with Crippen LogP contribution in [0.4, 0.5) is 13.2 Å². The normalized spacial score (nSPS) is 10.4. The highest BCUT2D eigenvalue weighted by Gasteiger charge is 2.30. The molecule has 1 rings (SSSR count). The first-order valence-electron chi connectivity index (χ1n) is 3.93. The highest BCUT2D eigenvalue weighted by atomic mass is 35.5. The van der Waals surface area contributed by atoms with Crippen LogP contribution >= 0.6 is 12.4 Å². The molecule has 0 radical (unpaired) electrons. The number of hydrogen-bond acceptors (Lipinski definition) is 2. The Balaban J connectivity index is 0.00000225. The molecule has 1 aromatic carbocycles. The minimum atomic E-state index is -4.73. The minimum Gasteiger partial charge on any atom is -0.481 e. The van der Waals surface area contributed by atoms with Gasteiger partial charge in [0, 0.05) is 0 Å². The molecule has 16 heavy (non-hydrogen) atoms. The number of aliphatic carboxylic acids is 1. The third kappa shape index (κ3) is 5.45. The van der Waals surface area contributed by atoms with Gasteiger partial charge in [0.25, 0.3) is 0 Å². The smallest absolute Gasteiger partial charge is 0.481 e. The zero-order valence-corrected chi connectivity index (χ0v) is 8.64. The third-order valence-electron chi connectivity index (χ3n) is 1.51. The zero-order valence-electron chi connectivity index (χ0n) is 7.82. The maximum atomic E-state index is 11.7. The Kier molecular flexibility index (Phi) is 5.10. The van der Waals surface area contributed by atoms with Gasteiger partial charge in [-0.1, -0.05) is 12.1 Å². The average Bonchev–Trinajstić information content (AvgIpc) is 2.05. The maximum Gasteiger partial charge on any atom is 0.573 e. The van der Waals surface area contributed by atoms with Crippen LogP contribution in [0.1, 0.15) is 5.56 Å². The predicted octanol–water partition coefficient (Wildman–Crippen LogP) is 2.63. The third-order valence-corrected chi connectivity index (χ3v) is 1.51. The van der Waals surface area contributed by atoms with Crippen LogP contribution in [0.15, 0.2) is 24.3 Å². The summed E-state index contributed by atoms with van der Waals surface area (Å²) >= 11 is 0. The van der Waals surface area contributed by atoms with Gasteiger partial charge in [0.05, 0.1) is 6.42 Å². The van der Waals surface area contributed by atoms with Crippen LogP contribution < -0.4 is 4.74 Å². The molecule has 0 unspecified atom stereocenters. The van der Waals surface area contributed by atoms with Gasteiger partial charge < -0.3 is 9.84 Å². The van der Waals surface area contributed by atoms with Crippen LogP contribution in [-0.4, -0.2) is 17.4 Å². The van der Waals surface area contributed by atoms with Crippen LogP contribution in [0, 0.1) is 0 Å².